The molecule has 2 aliphatic heterocycles. The van der Waals surface area contributed by atoms with Crippen LogP contribution in [-0.2, 0) is 11.3 Å². The Kier molecular flexibility index (Phi) is 5.61. The molecule has 0 N–H and O–H groups in total. The van der Waals surface area contributed by atoms with Crippen LogP contribution in [0.1, 0.15) is 24.0 Å². The van der Waals surface area contributed by atoms with Crippen LogP contribution in [0.3, 0.4) is 0 Å². The first kappa shape index (κ1) is 19.9. The van der Waals surface area contributed by atoms with Gasteiger partial charge in [0.2, 0.25) is 0 Å². The molecule has 2 saturated heterocycles. The van der Waals surface area contributed by atoms with Gasteiger partial charge in [-0.15, -0.1) is 0 Å². The minimum Gasteiger partial charge on any atom is -0.369 e. The van der Waals surface area contributed by atoms with Crippen molar-refractivity contribution in [2.75, 3.05) is 18.0 Å². The predicted octanol–water partition coefficient (Wildman–Crippen LogP) is 5.45. The van der Waals surface area contributed by atoms with Gasteiger partial charge >= 0.3 is 0 Å². The monoisotopic (exact) mass is 434 g/mol. The van der Waals surface area contributed by atoms with Crippen LogP contribution in [0.5, 0.6) is 0 Å². The molecule has 0 radical (unpaired) electrons. The van der Waals surface area contributed by atoms with Crippen LogP contribution in [0.25, 0.3) is 6.08 Å². The van der Waals surface area contributed by atoms with Gasteiger partial charge in [-0.3, -0.25) is 14.5 Å². The van der Waals surface area contributed by atoms with Crippen molar-refractivity contribution in [1.29, 1.82) is 0 Å². The first-order valence-corrected chi connectivity index (χ1v) is 10.4. The van der Waals surface area contributed by atoms with E-state index in [4.69, 9.17) is 11.6 Å². The second-order valence-corrected chi connectivity index (χ2v) is 8.27. The van der Waals surface area contributed by atoms with Gasteiger partial charge in [0.05, 0.1) is 17.1 Å². The van der Waals surface area contributed by atoms with Crippen molar-refractivity contribution >= 4 is 46.3 Å². The maximum absolute atomic E-state index is 14.5. The van der Waals surface area contributed by atoms with E-state index >= 15 is 0 Å². The van der Waals surface area contributed by atoms with E-state index in [2.05, 4.69) is 0 Å². The molecule has 8 heteroatoms. The largest absolute Gasteiger partial charge is 0.369 e. The fraction of sp³-hybridized carbons (Fsp3) is 0.238. The Morgan fingerprint density at radius 3 is 2.52 bits per heavy atom. The molecule has 150 valence electrons. The van der Waals surface area contributed by atoms with Crippen LogP contribution >= 0.6 is 23.4 Å². The van der Waals surface area contributed by atoms with E-state index in [-0.39, 0.29) is 27.9 Å². The number of anilines is 1. The highest BCUT2D eigenvalue weighted by Gasteiger charge is 2.36. The van der Waals surface area contributed by atoms with Gasteiger partial charge in [0.1, 0.15) is 11.6 Å². The second-order valence-electron chi connectivity index (χ2n) is 6.87. The number of hydrogen-bond donors (Lipinski definition) is 0. The van der Waals surface area contributed by atoms with Crippen molar-refractivity contribution in [3.63, 3.8) is 0 Å². The van der Waals surface area contributed by atoms with Crippen molar-refractivity contribution < 1.29 is 18.4 Å². The number of imide groups is 1. The summed E-state index contributed by atoms with van der Waals surface area (Å²) in [5.41, 5.74) is 1.11. The number of rotatable bonds is 4. The Hall–Kier alpha value is -2.38. The lowest BCUT2D eigenvalue weighted by atomic mass is 10.1. The molecule has 0 aliphatic carbocycles. The Morgan fingerprint density at radius 2 is 1.83 bits per heavy atom. The van der Waals surface area contributed by atoms with Crippen LogP contribution in [0.4, 0.5) is 19.3 Å². The van der Waals surface area contributed by atoms with Crippen molar-refractivity contribution in [2.24, 2.45) is 0 Å². The van der Waals surface area contributed by atoms with Crippen LogP contribution in [-0.4, -0.2) is 29.1 Å². The van der Waals surface area contributed by atoms with Gasteiger partial charge in [0.15, 0.2) is 0 Å². The lowest BCUT2D eigenvalue weighted by Gasteiger charge is -2.18. The summed E-state index contributed by atoms with van der Waals surface area (Å²) in [5, 5.41) is -0.373. The fourth-order valence-corrected chi connectivity index (χ4v) is 4.52. The average Bonchev–Trinajstić information content (AvgIpc) is 3.29. The van der Waals surface area contributed by atoms with Crippen LogP contribution in [0.15, 0.2) is 41.3 Å². The normalized spacial score (nSPS) is 18.4. The Morgan fingerprint density at radius 1 is 1.07 bits per heavy atom. The molecule has 0 aromatic heterocycles. The highest BCUT2D eigenvalue weighted by Crippen LogP contribution is 2.35. The predicted molar refractivity (Wildman–Crippen MR) is 111 cm³/mol. The van der Waals surface area contributed by atoms with E-state index in [1.54, 1.807) is 12.1 Å². The topological polar surface area (TPSA) is 40.6 Å². The molecule has 2 aromatic carbocycles. The molecule has 0 unspecified atom stereocenters. The van der Waals surface area contributed by atoms with E-state index in [0.717, 1.165) is 42.6 Å². The van der Waals surface area contributed by atoms with Crippen molar-refractivity contribution in [3.8, 4) is 0 Å². The number of hydrogen-bond acceptors (Lipinski definition) is 4. The van der Waals surface area contributed by atoms with Gasteiger partial charge in [0, 0.05) is 23.7 Å². The van der Waals surface area contributed by atoms with Crippen LogP contribution in [0, 0.1) is 11.6 Å². The fourth-order valence-electron chi connectivity index (χ4n) is 3.46. The number of nitrogens with zero attached hydrogens (tertiary/aromatic N) is 2. The standard InChI is InChI=1S/C21H17ClF2N2O2S/c22-15-4-3-5-16(23)14(15)12-26-20(27)19(29-21(26)28)11-13-6-7-18(17(24)10-13)25-8-1-2-9-25/h3-7,10-11H,1-2,8-9,12H2/b19-11-. The Balaban J connectivity index is 1.55. The number of amides is 2. The molecule has 2 heterocycles. The molecular weight excluding hydrogens is 418 g/mol. The van der Waals surface area contributed by atoms with Gasteiger partial charge in [-0.2, -0.15) is 0 Å². The van der Waals surface area contributed by atoms with Crippen LogP contribution in [0.2, 0.25) is 5.02 Å². The van der Waals surface area contributed by atoms with E-state index in [0.29, 0.717) is 11.3 Å². The summed E-state index contributed by atoms with van der Waals surface area (Å²) < 4.78 is 28.5. The summed E-state index contributed by atoms with van der Waals surface area (Å²) in [5.74, 6) is -1.50. The molecule has 0 atom stereocenters. The molecular formula is C21H17ClF2N2O2S. The third-order valence-corrected chi connectivity index (χ3v) is 6.23. The summed E-state index contributed by atoms with van der Waals surface area (Å²) >= 11 is 6.74. The van der Waals surface area contributed by atoms with Crippen molar-refractivity contribution in [2.45, 2.75) is 19.4 Å². The third-order valence-electron chi connectivity index (χ3n) is 4.97. The van der Waals surface area contributed by atoms with E-state index in [9.17, 15) is 18.4 Å². The number of benzene rings is 2. The Labute approximate surface area is 176 Å². The molecule has 2 aliphatic rings. The Bertz CT molecular complexity index is 1000. The zero-order valence-electron chi connectivity index (χ0n) is 15.3. The molecule has 29 heavy (non-hydrogen) atoms. The molecule has 4 nitrogen and oxygen atoms in total. The first-order chi connectivity index (χ1) is 13.9. The summed E-state index contributed by atoms with van der Waals surface area (Å²) in [6.45, 7) is 1.40. The zero-order valence-corrected chi connectivity index (χ0v) is 16.9. The van der Waals surface area contributed by atoms with Gasteiger partial charge in [0.25, 0.3) is 11.1 Å². The van der Waals surface area contributed by atoms with E-state index in [1.165, 1.54) is 30.3 Å². The first-order valence-electron chi connectivity index (χ1n) is 9.17. The van der Waals surface area contributed by atoms with Gasteiger partial charge in [-0.05, 0) is 60.5 Å². The summed E-state index contributed by atoms with van der Waals surface area (Å²) in [6.07, 6.45) is 3.56. The van der Waals surface area contributed by atoms with E-state index < -0.39 is 17.0 Å². The maximum Gasteiger partial charge on any atom is 0.293 e. The maximum atomic E-state index is 14.5. The zero-order chi connectivity index (χ0) is 20.5. The minimum absolute atomic E-state index is 0.0822. The minimum atomic E-state index is -0.583. The highest BCUT2D eigenvalue weighted by molar-refractivity contribution is 8.18. The number of carbonyl (C=O) groups excluding carboxylic acids is 2. The van der Waals surface area contributed by atoms with Gasteiger partial charge in [-0.1, -0.05) is 23.7 Å². The van der Waals surface area contributed by atoms with Gasteiger partial charge in [-0.25, -0.2) is 8.78 Å². The quantitative estimate of drug-likeness (QED) is 0.599. The summed E-state index contributed by atoms with van der Waals surface area (Å²) in [7, 11) is 0. The van der Waals surface area contributed by atoms with E-state index in [1.807, 2.05) is 4.90 Å². The summed E-state index contributed by atoms with van der Waals surface area (Å²) in [6, 6.07) is 8.94. The molecule has 0 spiro atoms. The molecule has 2 aromatic rings. The SMILES string of the molecule is O=C1S/C(=C\c2ccc(N3CCCC3)c(F)c2)C(=O)N1Cc1c(F)cccc1Cl. The molecule has 2 amide bonds. The van der Waals surface area contributed by atoms with Crippen LogP contribution < -0.4 is 4.90 Å². The third kappa shape index (κ3) is 4.02. The molecule has 2 fully saturated rings. The van der Waals surface area contributed by atoms with Crippen molar-refractivity contribution in [1.82, 2.24) is 4.90 Å². The average molecular weight is 435 g/mol. The van der Waals surface area contributed by atoms with Crippen molar-refractivity contribution in [3.05, 3.63) is 69.1 Å². The molecule has 0 bridgehead atoms. The second kappa shape index (κ2) is 8.16. The molecule has 0 saturated carbocycles. The van der Waals surface area contributed by atoms with Gasteiger partial charge < -0.3 is 4.90 Å². The smallest absolute Gasteiger partial charge is 0.293 e. The number of carbonyl (C=O) groups is 2. The summed E-state index contributed by atoms with van der Waals surface area (Å²) in [4.78, 5) is 28.0. The number of halogens is 3. The molecule has 4 rings (SSSR count). The number of thioether (sulfide) groups is 1. The lowest BCUT2D eigenvalue weighted by Crippen LogP contribution is -2.28. The lowest BCUT2D eigenvalue weighted by molar-refractivity contribution is -0.123. The highest BCUT2D eigenvalue weighted by atomic mass is 35.5.